The number of carboxylic acid groups (broad SMARTS) is 1. The van der Waals surface area contributed by atoms with Crippen LogP contribution in [0.1, 0.15) is 75.7 Å². The molecule has 1 saturated heterocycles. The average Bonchev–Trinajstić information content (AvgIpc) is 3.18. The molecule has 1 fully saturated rings. The first-order chi connectivity index (χ1) is 15.3. The largest absolute Gasteiger partial charge is 0.490 e. The molecule has 0 unspecified atom stereocenters. The molecule has 2 aromatic rings. The van der Waals surface area contributed by atoms with E-state index in [1.54, 1.807) is 0 Å². The number of aliphatic carboxylic acids is 1. The predicted octanol–water partition coefficient (Wildman–Crippen LogP) is 5.74. The number of benzene rings is 1. The third-order valence-corrected chi connectivity index (χ3v) is 5.35. The van der Waals surface area contributed by atoms with E-state index in [2.05, 4.69) is 46.6 Å². The Balaban J connectivity index is 0.000000451. The van der Waals surface area contributed by atoms with Crippen LogP contribution in [-0.2, 0) is 11.2 Å². The molecule has 3 rings (SSSR count). The first kappa shape index (κ1) is 25.8. The maximum Gasteiger partial charge on any atom is 0.490 e. The van der Waals surface area contributed by atoms with Crippen molar-refractivity contribution < 1.29 is 27.6 Å². The molecule has 0 bridgehead atoms. The Morgan fingerprint density at radius 1 is 1.06 bits per heavy atom. The molecular weight excluding hydrogens is 423 g/mol. The third kappa shape index (κ3) is 8.98. The minimum absolute atomic E-state index is 0.391. The number of halogens is 3. The molecule has 6 nitrogen and oxygen atoms in total. The smallest absolute Gasteiger partial charge is 0.475 e. The Hall–Kier alpha value is -2.42. The predicted molar refractivity (Wildman–Crippen MR) is 115 cm³/mol. The van der Waals surface area contributed by atoms with Crippen LogP contribution in [-0.4, -0.2) is 40.5 Å². The summed E-state index contributed by atoms with van der Waals surface area (Å²) in [5.74, 6) is -0.896. The number of alkyl halides is 3. The van der Waals surface area contributed by atoms with E-state index in [9.17, 15) is 13.2 Å². The van der Waals surface area contributed by atoms with E-state index in [0.29, 0.717) is 11.7 Å². The lowest BCUT2D eigenvalue weighted by atomic mass is 10.0. The van der Waals surface area contributed by atoms with Crippen molar-refractivity contribution in [3.63, 3.8) is 0 Å². The molecule has 2 N–H and O–H groups in total. The molecule has 0 atom stereocenters. The maximum absolute atomic E-state index is 10.6. The summed E-state index contributed by atoms with van der Waals surface area (Å²) in [4.78, 5) is 13.4. The number of nitrogens with one attached hydrogen (secondary N) is 1. The van der Waals surface area contributed by atoms with Crippen LogP contribution in [0.4, 0.5) is 13.2 Å². The number of unbranched alkanes of at least 4 members (excludes halogenated alkanes) is 7. The molecule has 0 spiro atoms. The lowest BCUT2D eigenvalue weighted by Gasteiger charge is -2.22. The number of rotatable bonds is 11. The molecule has 0 amide bonds. The van der Waals surface area contributed by atoms with Crippen LogP contribution in [0, 0.1) is 0 Å². The second-order valence-corrected chi connectivity index (χ2v) is 8.04. The molecule has 1 aromatic carbocycles. The van der Waals surface area contributed by atoms with Gasteiger partial charge < -0.3 is 14.9 Å². The molecule has 2 heterocycles. The molecule has 1 aliphatic rings. The van der Waals surface area contributed by atoms with Crippen molar-refractivity contribution in [2.75, 3.05) is 13.1 Å². The highest BCUT2D eigenvalue weighted by molar-refractivity contribution is 5.73. The van der Waals surface area contributed by atoms with Crippen LogP contribution < -0.4 is 5.32 Å². The topological polar surface area (TPSA) is 88.3 Å². The Morgan fingerprint density at radius 3 is 2.12 bits per heavy atom. The zero-order chi connectivity index (χ0) is 23.4. The highest BCUT2D eigenvalue weighted by Gasteiger charge is 2.38. The van der Waals surface area contributed by atoms with Crippen molar-refractivity contribution in [3.05, 3.63) is 35.7 Å². The highest BCUT2D eigenvalue weighted by atomic mass is 19.4. The number of hydrogen-bond acceptors (Lipinski definition) is 5. The minimum atomic E-state index is -5.08. The number of carbonyl (C=O) groups is 1. The SMILES string of the molecule is CCCCCCCCCCc1ccc(-c2noc(C3CNC3)n2)cc1.O=C(O)C(F)(F)F. The number of aryl methyl sites for hydroxylation is 1. The minimum Gasteiger partial charge on any atom is -0.475 e. The summed E-state index contributed by atoms with van der Waals surface area (Å²) in [5.41, 5.74) is 2.45. The van der Waals surface area contributed by atoms with Crippen molar-refractivity contribution in [1.82, 2.24) is 15.5 Å². The average molecular weight is 456 g/mol. The first-order valence-corrected chi connectivity index (χ1v) is 11.2. The van der Waals surface area contributed by atoms with Gasteiger partial charge in [-0.25, -0.2) is 4.79 Å². The van der Waals surface area contributed by atoms with Crippen molar-refractivity contribution in [3.8, 4) is 11.4 Å². The molecule has 0 radical (unpaired) electrons. The first-order valence-electron chi connectivity index (χ1n) is 11.2. The van der Waals surface area contributed by atoms with Gasteiger partial charge in [0.25, 0.3) is 0 Å². The fourth-order valence-corrected chi connectivity index (χ4v) is 3.27. The molecule has 9 heteroatoms. The summed E-state index contributed by atoms with van der Waals surface area (Å²) in [5, 5.41) is 14.5. The van der Waals surface area contributed by atoms with Gasteiger partial charge in [-0.1, -0.05) is 81.3 Å². The molecular formula is C23H32F3N3O3. The van der Waals surface area contributed by atoms with Gasteiger partial charge in [0.15, 0.2) is 0 Å². The van der Waals surface area contributed by atoms with Gasteiger partial charge in [0.1, 0.15) is 0 Å². The van der Waals surface area contributed by atoms with Crippen LogP contribution in [0.2, 0.25) is 0 Å². The normalized spacial score (nSPS) is 13.9. The summed E-state index contributed by atoms with van der Waals surface area (Å²) in [6.45, 7) is 4.16. The van der Waals surface area contributed by atoms with Gasteiger partial charge in [0.2, 0.25) is 11.7 Å². The number of carboxylic acids is 1. The van der Waals surface area contributed by atoms with Gasteiger partial charge >= 0.3 is 12.1 Å². The van der Waals surface area contributed by atoms with Gasteiger partial charge in [-0.3, -0.25) is 0 Å². The van der Waals surface area contributed by atoms with E-state index >= 15 is 0 Å². The van der Waals surface area contributed by atoms with Gasteiger partial charge in [-0.2, -0.15) is 18.2 Å². The third-order valence-electron chi connectivity index (χ3n) is 5.35. The lowest BCUT2D eigenvalue weighted by Crippen LogP contribution is -2.40. The van der Waals surface area contributed by atoms with E-state index in [1.165, 1.54) is 63.4 Å². The number of nitrogens with zero attached hydrogens (tertiary/aromatic N) is 2. The molecule has 1 aromatic heterocycles. The van der Waals surface area contributed by atoms with Crippen molar-refractivity contribution in [2.24, 2.45) is 0 Å². The fraction of sp³-hybridized carbons (Fsp3) is 0.609. The summed E-state index contributed by atoms with van der Waals surface area (Å²) in [7, 11) is 0. The maximum atomic E-state index is 10.6. The molecule has 0 aliphatic carbocycles. The Morgan fingerprint density at radius 2 is 1.62 bits per heavy atom. The van der Waals surface area contributed by atoms with Gasteiger partial charge in [0.05, 0.1) is 5.92 Å². The summed E-state index contributed by atoms with van der Waals surface area (Å²) >= 11 is 0. The van der Waals surface area contributed by atoms with Crippen molar-refractivity contribution in [1.29, 1.82) is 0 Å². The van der Waals surface area contributed by atoms with Crippen LogP contribution in [0.5, 0.6) is 0 Å². The molecule has 1 aliphatic heterocycles. The van der Waals surface area contributed by atoms with E-state index in [0.717, 1.165) is 24.5 Å². The van der Waals surface area contributed by atoms with Gasteiger partial charge in [-0.15, -0.1) is 0 Å². The van der Waals surface area contributed by atoms with Crippen molar-refractivity contribution >= 4 is 5.97 Å². The Labute approximate surface area is 186 Å². The van der Waals surface area contributed by atoms with Crippen LogP contribution >= 0.6 is 0 Å². The number of aromatic nitrogens is 2. The molecule has 178 valence electrons. The summed E-state index contributed by atoms with van der Waals surface area (Å²) in [6.07, 6.45) is 7.04. The fourth-order valence-electron chi connectivity index (χ4n) is 3.27. The van der Waals surface area contributed by atoms with Crippen LogP contribution in [0.3, 0.4) is 0 Å². The van der Waals surface area contributed by atoms with Crippen molar-refractivity contribution in [2.45, 2.75) is 76.8 Å². The van der Waals surface area contributed by atoms with Crippen LogP contribution in [0.15, 0.2) is 28.8 Å². The zero-order valence-electron chi connectivity index (χ0n) is 18.5. The zero-order valence-corrected chi connectivity index (χ0v) is 18.5. The Kier molecular flexibility index (Phi) is 10.7. The summed E-state index contributed by atoms with van der Waals surface area (Å²) < 4.78 is 37.1. The molecule has 32 heavy (non-hydrogen) atoms. The van der Waals surface area contributed by atoms with Crippen LogP contribution in [0.25, 0.3) is 11.4 Å². The second kappa shape index (κ2) is 13.2. The van der Waals surface area contributed by atoms with Gasteiger partial charge in [-0.05, 0) is 18.4 Å². The van der Waals surface area contributed by atoms with E-state index in [1.807, 2.05) is 0 Å². The quantitative estimate of drug-likeness (QED) is 0.420. The van der Waals surface area contributed by atoms with Gasteiger partial charge in [0, 0.05) is 18.7 Å². The Bertz CT molecular complexity index is 803. The lowest BCUT2D eigenvalue weighted by molar-refractivity contribution is -0.192. The monoisotopic (exact) mass is 455 g/mol. The van der Waals surface area contributed by atoms with E-state index in [4.69, 9.17) is 14.4 Å². The summed E-state index contributed by atoms with van der Waals surface area (Å²) in [6, 6.07) is 8.65. The molecule has 0 saturated carbocycles. The standard InChI is InChI=1S/C21H31N3O.C2HF3O2/c1-2-3-4-5-6-7-8-9-10-17-11-13-18(14-12-17)20-23-21(25-24-20)19-15-22-16-19;3-2(4,5)1(6)7/h11-14,19,22H,2-10,15-16H2,1H3;(H,6,7). The van der Waals surface area contributed by atoms with E-state index < -0.39 is 12.1 Å². The highest BCUT2D eigenvalue weighted by Crippen LogP contribution is 2.23. The second-order valence-electron chi connectivity index (χ2n) is 8.04. The van der Waals surface area contributed by atoms with E-state index in [-0.39, 0.29) is 0 Å². The number of hydrogen-bond donors (Lipinski definition) is 2.